The Morgan fingerprint density at radius 3 is 2.81 bits per heavy atom. The van der Waals surface area contributed by atoms with E-state index in [1.54, 1.807) is 6.20 Å². The fourth-order valence-electron chi connectivity index (χ4n) is 3.51. The number of aromatic nitrogens is 4. The molecule has 1 aliphatic heterocycles. The molecular formula is C19H26BN7. The third kappa shape index (κ3) is 4.39. The van der Waals surface area contributed by atoms with E-state index in [1.165, 1.54) is 32.4 Å². The van der Waals surface area contributed by atoms with Crippen LogP contribution in [0.3, 0.4) is 0 Å². The lowest BCUT2D eigenvalue weighted by Gasteiger charge is -2.26. The van der Waals surface area contributed by atoms with Crippen LogP contribution in [0, 0.1) is 0 Å². The summed E-state index contributed by atoms with van der Waals surface area (Å²) < 4.78 is 1.86. The first-order valence-corrected chi connectivity index (χ1v) is 9.74. The molecule has 4 heterocycles. The summed E-state index contributed by atoms with van der Waals surface area (Å²) in [4.78, 5) is 11.5. The second-order valence-electron chi connectivity index (χ2n) is 7.13. The van der Waals surface area contributed by atoms with E-state index >= 15 is 0 Å². The second-order valence-corrected chi connectivity index (χ2v) is 7.13. The van der Waals surface area contributed by atoms with Gasteiger partial charge in [0.15, 0.2) is 5.65 Å². The lowest BCUT2D eigenvalue weighted by molar-refractivity contribution is 0.237. The molecule has 0 amide bonds. The molecule has 0 radical (unpaired) electrons. The molecule has 1 saturated heterocycles. The second kappa shape index (κ2) is 8.39. The van der Waals surface area contributed by atoms with Crippen molar-refractivity contribution in [2.45, 2.75) is 25.8 Å². The van der Waals surface area contributed by atoms with Crippen molar-refractivity contribution >= 4 is 30.6 Å². The average molecular weight is 363 g/mol. The van der Waals surface area contributed by atoms with Crippen LogP contribution >= 0.6 is 0 Å². The number of hydrogen-bond donors (Lipinski definition) is 2. The number of piperidine rings is 1. The van der Waals surface area contributed by atoms with Gasteiger partial charge < -0.3 is 15.5 Å². The third-order valence-electron chi connectivity index (χ3n) is 5.03. The third-order valence-corrected chi connectivity index (χ3v) is 5.03. The summed E-state index contributed by atoms with van der Waals surface area (Å²) in [5.74, 6) is 1.81. The fraction of sp³-hybridized carbons (Fsp3) is 0.421. The van der Waals surface area contributed by atoms with Gasteiger partial charge in [-0.1, -0.05) is 12.5 Å². The van der Waals surface area contributed by atoms with Crippen LogP contribution in [-0.4, -0.2) is 58.5 Å². The van der Waals surface area contributed by atoms with Gasteiger partial charge in [-0.25, -0.2) is 4.98 Å². The van der Waals surface area contributed by atoms with Crippen molar-refractivity contribution in [1.82, 2.24) is 24.5 Å². The molecule has 140 valence electrons. The topological polar surface area (TPSA) is 70.4 Å². The van der Waals surface area contributed by atoms with E-state index in [4.69, 9.17) is 4.98 Å². The van der Waals surface area contributed by atoms with Crippen molar-refractivity contribution in [3.8, 4) is 0 Å². The maximum Gasteiger partial charge on any atom is 0.153 e. The molecule has 4 rings (SSSR count). The number of rotatable bonds is 7. The number of likely N-dealkylation sites (tertiary alicyclic amines) is 1. The number of nitrogens with zero attached hydrogens (tertiary/aromatic N) is 5. The number of nitrogens with one attached hydrogen (secondary N) is 2. The zero-order valence-corrected chi connectivity index (χ0v) is 15.9. The Bertz CT molecular complexity index is 874. The molecule has 0 bridgehead atoms. The number of hydrogen-bond acceptors (Lipinski definition) is 6. The van der Waals surface area contributed by atoms with Gasteiger partial charge in [-0.2, -0.15) is 9.61 Å². The minimum atomic E-state index is 0.694. The lowest BCUT2D eigenvalue weighted by atomic mass is 10.0. The van der Waals surface area contributed by atoms with Gasteiger partial charge in [0.25, 0.3) is 0 Å². The minimum Gasteiger partial charge on any atom is -0.369 e. The highest BCUT2D eigenvalue weighted by Crippen LogP contribution is 2.16. The molecule has 2 N–H and O–H groups in total. The molecule has 0 aromatic carbocycles. The first-order chi connectivity index (χ1) is 13.3. The van der Waals surface area contributed by atoms with Gasteiger partial charge in [-0.05, 0) is 43.0 Å². The Labute approximate surface area is 160 Å². The Morgan fingerprint density at radius 2 is 2.00 bits per heavy atom. The van der Waals surface area contributed by atoms with E-state index in [2.05, 4.69) is 31.7 Å². The molecule has 1 aliphatic rings. The monoisotopic (exact) mass is 363 g/mol. The summed E-state index contributed by atoms with van der Waals surface area (Å²) >= 11 is 0. The van der Waals surface area contributed by atoms with E-state index in [0.29, 0.717) is 6.54 Å². The van der Waals surface area contributed by atoms with Crippen LogP contribution in [0.5, 0.6) is 0 Å². The molecule has 0 saturated carbocycles. The van der Waals surface area contributed by atoms with Gasteiger partial charge in [0, 0.05) is 44.3 Å². The Hall–Kier alpha value is -2.61. The van der Waals surface area contributed by atoms with E-state index in [9.17, 15) is 0 Å². The smallest absolute Gasteiger partial charge is 0.153 e. The SMILES string of the molecule is Bc1cnn2c(NCc3cccnc3)cc(NCCN3CCCCC3)nc12. The van der Waals surface area contributed by atoms with Crippen LogP contribution in [0.1, 0.15) is 24.8 Å². The molecule has 3 aromatic rings. The minimum absolute atomic E-state index is 0.694. The van der Waals surface area contributed by atoms with Gasteiger partial charge >= 0.3 is 0 Å². The van der Waals surface area contributed by atoms with Crippen LogP contribution in [0.25, 0.3) is 5.65 Å². The maximum absolute atomic E-state index is 4.75. The lowest BCUT2D eigenvalue weighted by Crippen LogP contribution is -2.33. The number of fused-ring (bicyclic) bond motifs is 1. The summed E-state index contributed by atoms with van der Waals surface area (Å²) in [7, 11) is 2.04. The zero-order chi connectivity index (χ0) is 18.5. The average Bonchev–Trinajstić information content (AvgIpc) is 3.09. The van der Waals surface area contributed by atoms with Crippen molar-refractivity contribution in [1.29, 1.82) is 0 Å². The van der Waals surface area contributed by atoms with Gasteiger partial charge in [-0.3, -0.25) is 4.98 Å². The van der Waals surface area contributed by atoms with Crippen molar-refractivity contribution in [3.05, 3.63) is 42.4 Å². The Balaban J connectivity index is 1.46. The molecule has 0 aliphatic carbocycles. The van der Waals surface area contributed by atoms with E-state index in [1.807, 2.05) is 36.9 Å². The molecule has 7 nitrogen and oxygen atoms in total. The van der Waals surface area contributed by atoms with Crippen LogP contribution in [0.2, 0.25) is 0 Å². The highest BCUT2D eigenvalue weighted by molar-refractivity contribution is 6.36. The van der Waals surface area contributed by atoms with E-state index in [-0.39, 0.29) is 0 Å². The summed E-state index contributed by atoms with van der Waals surface area (Å²) in [6.07, 6.45) is 9.53. The van der Waals surface area contributed by atoms with Gasteiger partial charge in [0.1, 0.15) is 19.5 Å². The van der Waals surface area contributed by atoms with Gasteiger partial charge in [0.05, 0.1) is 0 Å². The zero-order valence-electron chi connectivity index (χ0n) is 15.9. The standard InChI is InChI=1S/C19H26BN7/c20-16-14-24-27-18(23-13-15-5-4-6-21-12-15)11-17(25-19(16)27)22-7-10-26-8-2-1-3-9-26/h4-6,11-12,14,23H,1-3,7-10,13,20H2,(H,22,25). The molecule has 8 heteroatoms. The van der Waals surface area contributed by atoms with Crippen molar-refractivity contribution < 1.29 is 0 Å². The maximum atomic E-state index is 4.75. The van der Waals surface area contributed by atoms with Crippen LogP contribution in [0.15, 0.2) is 36.8 Å². The molecule has 0 atom stereocenters. The quantitative estimate of drug-likeness (QED) is 0.608. The van der Waals surface area contributed by atoms with E-state index < -0.39 is 0 Å². The highest BCUT2D eigenvalue weighted by atomic mass is 15.3. The highest BCUT2D eigenvalue weighted by Gasteiger charge is 2.11. The van der Waals surface area contributed by atoms with Gasteiger partial charge in [-0.15, -0.1) is 0 Å². The molecule has 1 fully saturated rings. The molecule has 0 unspecified atom stereocenters. The molecule has 0 spiro atoms. The first kappa shape index (κ1) is 17.8. The van der Waals surface area contributed by atoms with Crippen molar-refractivity contribution in [3.63, 3.8) is 0 Å². The summed E-state index contributed by atoms with van der Waals surface area (Å²) in [6.45, 7) is 5.09. The van der Waals surface area contributed by atoms with Crippen LogP contribution in [0.4, 0.5) is 11.6 Å². The summed E-state index contributed by atoms with van der Waals surface area (Å²) in [5.41, 5.74) is 3.08. The van der Waals surface area contributed by atoms with Crippen molar-refractivity contribution in [2.24, 2.45) is 0 Å². The summed E-state index contributed by atoms with van der Waals surface area (Å²) in [6, 6.07) is 6.04. The first-order valence-electron chi connectivity index (χ1n) is 9.74. The molecule has 3 aromatic heterocycles. The predicted molar refractivity (Wildman–Crippen MR) is 112 cm³/mol. The summed E-state index contributed by atoms with van der Waals surface area (Å²) in [5, 5.41) is 11.4. The predicted octanol–water partition coefficient (Wildman–Crippen LogP) is 0.893. The van der Waals surface area contributed by atoms with Crippen molar-refractivity contribution in [2.75, 3.05) is 36.8 Å². The molecule has 27 heavy (non-hydrogen) atoms. The normalized spacial score (nSPS) is 15.1. The molecular weight excluding hydrogens is 337 g/mol. The Kier molecular flexibility index (Phi) is 5.53. The fourth-order valence-corrected chi connectivity index (χ4v) is 3.51. The van der Waals surface area contributed by atoms with Crippen LogP contribution < -0.4 is 16.1 Å². The largest absolute Gasteiger partial charge is 0.369 e. The number of anilines is 2. The van der Waals surface area contributed by atoms with E-state index in [0.717, 1.165) is 41.4 Å². The van der Waals surface area contributed by atoms with Gasteiger partial charge in [0.2, 0.25) is 0 Å². The van der Waals surface area contributed by atoms with Crippen LogP contribution in [-0.2, 0) is 6.54 Å². The Morgan fingerprint density at radius 1 is 1.11 bits per heavy atom. The number of pyridine rings is 1.